The van der Waals surface area contributed by atoms with Crippen LogP contribution in [0.5, 0.6) is 0 Å². The molecule has 11 nitrogen and oxygen atoms in total. The Hall–Kier alpha value is -2.78. The molecule has 1 fully saturated rings. The van der Waals surface area contributed by atoms with E-state index in [1.54, 1.807) is 13.8 Å². The molecule has 11 heteroatoms. The molecule has 1 aliphatic rings. The highest BCUT2D eigenvalue weighted by Crippen LogP contribution is 2.39. The van der Waals surface area contributed by atoms with Crippen molar-refractivity contribution in [2.24, 2.45) is 11.7 Å². The number of aliphatic hydroxyl groups excluding tert-OH is 2. The maximum absolute atomic E-state index is 11.9. The van der Waals surface area contributed by atoms with Gasteiger partial charge in [0, 0.05) is 0 Å². The number of nitriles is 1. The Morgan fingerprint density at radius 1 is 1.54 bits per heavy atom. The summed E-state index contributed by atoms with van der Waals surface area (Å²) in [7, 11) is 0. The van der Waals surface area contributed by atoms with Crippen molar-refractivity contribution in [3.63, 3.8) is 0 Å². The fourth-order valence-electron chi connectivity index (χ4n) is 3.07. The van der Waals surface area contributed by atoms with Gasteiger partial charge in [0.15, 0.2) is 0 Å². The van der Waals surface area contributed by atoms with Crippen molar-refractivity contribution in [1.29, 1.82) is 5.26 Å². The fourth-order valence-corrected chi connectivity index (χ4v) is 3.07. The van der Waals surface area contributed by atoms with Crippen molar-refractivity contribution in [2.75, 3.05) is 6.61 Å². The number of hydrogen-bond acceptors (Lipinski definition) is 9. The number of aliphatic hydroxyl groups is 2. The molecular weight excluding hydrogens is 370 g/mol. The number of aromatic nitrogens is 3. The molecule has 5 N–H and O–H groups in total. The van der Waals surface area contributed by atoms with Crippen LogP contribution in [0.3, 0.4) is 0 Å². The van der Waals surface area contributed by atoms with E-state index >= 15 is 0 Å². The average Bonchev–Trinajstić information content (AvgIpc) is 3.21. The quantitative estimate of drug-likeness (QED) is 0.437. The van der Waals surface area contributed by atoms with Crippen molar-refractivity contribution in [1.82, 2.24) is 14.6 Å². The first-order valence-electron chi connectivity index (χ1n) is 8.66. The van der Waals surface area contributed by atoms with Crippen molar-refractivity contribution in [2.45, 2.75) is 43.8 Å². The number of nitrogens with one attached hydrogen (secondary N) is 1. The highest BCUT2D eigenvalue weighted by atomic mass is 16.6. The van der Waals surface area contributed by atoms with Gasteiger partial charge < -0.3 is 30.4 Å². The summed E-state index contributed by atoms with van der Waals surface area (Å²) >= 11 is 0. The Bertz CT molecular complexity index is 978. The zero-order chi connectivity index (χ0) is 20.6. The number of nitrogens with two attached hydrogens (primary N) is 1. The molecule has 3 rings (SSSR count). The van der Waals surface area contributed by atoms with Gasteiger partial charge >= 0.3 is 5.97 Å². The number of ether oxygens (including phenoxy) is 2. The number of H-pyrrole nitrogens is 1. The summed E-state index contributed by atoms with van der Waals surface area (Å²) in [6, 6.07) is 3.82. The highest BCUT2D eigenvalue weighted by molar-refractivity contribution is 5.75. The summed E-state index contributed by atoms with van der Waals surface area (Å²) < 4.78 is 11.9. The lowest BCUT2D eigenvalue weighted by Crippen LogP contribution is -2.41. The number of hydrogen-bond donors (Lipinski definition) is 4. The summed E-state index contributed by atoms with van der Waals surface area (Å²) in [5.74, 6) is -0.835. The Labute approximate surface area is 159 Å². The molecule has 5 atom stereocenters. The second-order valence-corrected chi connectivity index (χ2v) is 6.97. The first kappa shape index (κ1) is 20.0. The molecule has 1 aliphatic heterocycles. The van der Waals surface area contributed by atoms with E-state index in [2.05, 4.69) is 10.1 Å². The van der Waals surface area contributed by atoms with Gasteiger partial charge in [-0.3, -0.25) is 9.59 Å². The fraction of sp³-hybridized carbons (Fsp3) is 0.529. The van der Waals surface area contributed by atoms with E-state index in [1.807, 2.05) is 6.07 Å². The van der Waals surface area contributed by atoms with Gasteiger partial charge in [-0.05, 0) is 18.1 Å². The molecule has 0 aliphatic carbocycles. The van der Waals surface area contributed by atoms with E-state index in [0.29, 0.717) is 0 Å². The van der Waals surface area contributed by atoms with E-state index in [-0.39, 0.29) is 17.1 Å². The number of nitrogens with zero attached hydrogens (tertiary/aromatic N) is 3. The topological polar surface area (TPSA) is 176 Å². The van der Waals surface area contributed by atoms with Crippen LogP contribution >= 0.6 is 0 Å². The van der Waals surface area contributed by atoms with E-state index in [0.717, 1.165) is 10.8 Å². The Balaban J connectivity index is 1.89. The molecule has 1 saturated heterocycles. The third-order valence-electron chi connectivity index (χ3n) is 4.84. The summed E-state index contributed by atoms with van der Waals surface area (Å²) in [6.07, 6.45) is -3.23. The molecule has 3 heterocycles. The minimum Gasteiger partial charge on any atom is -0.462 e. The van der Waals surface area contributed by atoms with Gasteiger partial charge in [0.25, 0.3) is 5.56 Å². The lowest BCUT2D eigenvalue weighted by molar-refractivity contribution is -0.153. The maximum Gasteiger partial charge on any atom is 0.323 e. The number of carbonyl (C=O) groups excluding carboxylic acids is 1. The Morgan fingerprint density at radius 3 is 2.89 bits per heavy atom. The maximum atomic E-state index is 11.9. The molecule has 0 spiro atoms. The van der Waals surface area contributed by atoms with Gasteiger partial charge in [-0.2, -0.15) is 10.4 Å². The second kappa shape index (κ2) is 7.33. The zero-order valence-corrected chi connectivity index (χ0v) is 15.3. The first-order valence-corrected chi connectivity index (χ1v) is 8.66. The van der Waals surface area contributed by atoms with Crippen LogP contribution in [0.1, 0.15) is 19.5 Å². The van der Waals surface area contributed by atoms with Crippen LogP contribution in [0, 0.1) is 17.2 Å². The van der Waals surface area contributed by atoms with Gasteiger partial charge in [-0.25, -0.2) is 4.52 Å². The monoisotopic (exact) mass is 391 g/mol. The van der Waals surface area contributed by atoms with Crippen LogP contribution < -0.4 is 11.3 Å². The summed E-state index contributed by atoms with van der Waals surface area (Å²) in [6.45, 7) is 3.10. The number of esters is 1. The lowest BCUT2D eigenvalue weighted by Gasteiger charge is -2.24. The number of rotatable bonds is 5. The van der Waals surface area contributed by atoms with Gasteiger partial charge in [0.2, 0.25) is 5.60 Å². The molecular formula is C17H21N5O6. The number of carbonyl (C=O) groups is 1. The summed E-state index contributed by atoms with van der Waals surface area (Å²) in [4.78, 5) is 26.2. The van der Waals surface area contributed by atoms with Gasteiger partial charge in [-0.15, -0.1) is 0 Å². The molecule has 150 valence electrons. The molecule has 2 aromatic rings. The van der Waals surface area contributed by atoms with E-state index in [1.165, 1.54) is 12.1 Å². The minimum absolute atomic E-state index is 0.0651. The molecule has 0 aromatic carbocycles. The molecule has 0 amide bonds. The second-order valence-electron chi connectivity index (χ2n) is 6.97. The van der Waals surface area contributed by atoms with Crippen LogP contribution in [0.15, 0.2) is 23.3 Å². The van der Waals surface area contributed by atoms with Crippen LogP contribution in [-0.2, 0) is 19.9 Å². The predicted molar refractivity (Wildman–Crippen MR) is 93.8 cm³/mol. The van der Waals surface area contributed by atoms with Crippen LogP contribution in [-0.4, -0.2) is 61.7 Å². The van der Waals surface area contributed by atoms with Crippen LogP contribution in [0.2, 0.25) is 0 Å². The molecule has 0 bridgehead atoms. The Kier molecular flexibility index (Phi) is 5.22. The normalized spacial score (nSPS) is 28.4. The smallest absolute Gasteiger partial charge is 0.323 e. The van der Waals surface area contributed by atoms with E-state index in [4.69, 9.17) is 15.2 Å². The van der Waals surface area contributed by atoms with Crippen molar-refractivity contribution in [3.8, 4) is 6.07 Å². The Morgan fingerprint density at radius 2 is 2.25 bits per heavy atom. The van der Waals surface area contributed by atoms with Crippen molar-refractivity contribution in [3.05, 3.63) is 34.5 Å². The average molecular weight is 391 g/mol. The van der Waals surface area contributed by atoms with Crippen LogP contribution in [0.4, 0.5) is 0 Å². The third-order valence-corrected chi connectivity index (χ3v) is 4.84. The summed E-state index contributed by atoms with van der Waals surface area (Å²) in [5.41, 5.74) is 3.46. The van der Waals surface area contributed by atoms with Crippen molar-refractivity contribution >= 4 is 11.5 Å². The predicted octanol–water partition coefficient (Wildman–Crippen LogP) is -1.61. The number of fused-ring (bicyclic) bond motifs is 1. The van der Waals surface area contributed by atoms with Gasteiger partial charge in [0.05, 0.1) is 5.69 Å². The first-order chi connectivity index (χ1) is 13.2. The molecule has 2 aromatic heterocycles. The third kappa shape index (κ3) is 3.06. The van der Waals surface area contributed by atoms with Gasteiger partial charge in [-0.1, -0.05) is 13.8 Å². The minimum atomic E-state index is -2.01. The molecule has 28 heavy (non-hydrogen) atoms. The SMILES string of the molecule is CC(C)[C@H](N)C(=O)OC[C@H]1O[C@@](C#N)(c2ccc3c(=O)[nH]cnn23)[C@H](O)[C@@H]1O. The molecule has 0 unspecified atom stereocenters. The standard InChI is InChI=1S/C17H21N5O6/c1-8(2)12(19)16(26)27-5-10-13(23)14(24)17(6-18,28-10)11-4-3-9-15(25)20-7-21-22(9)11/h3-4,7-8,10,12-14,23-24H,5,19H2,1-2H3,(H,20,21,25)/t10-,12+,13-,14-,17+/m1/s1. The molecule has 0 radical (unpaired) electrons. The largest absolute Gasteiger partial charge is 0.462 e. The lowest BCUT2D eigenvalue weighted by atomic mass is 9.92. The highest BCUT2D eigenvalue weighted by Gasteiger charge is 2.57. The summed E-state index contributed by atoms with van der Waals surface area (Å²) in [5, 5.41) is 34.7. The van der Waals surface area contributed by atoms with E-state index < -0.39 is 48.1 Å². The van der Waals surface area contributed by atoms with E-state index in [9.17, 15) is 25.1 Å². The number of aromatic amines is 1. The van der Waals surface area contributed by atoms with Crippen molar-refractivity contribution < 1.29 is 24.5 Å². The molecule has 0 saturated carbocycles. The van der Waals surface area contributed by atoms with Crippen LogP contribution in [0.25, 0.3) is 5.52 Å². The zero-order valence-electron chi connectivity index (χ0n) is 15.3. The van der Waals surface area contributed by atoms with Gasteiger partial charge in [0.1, 0.15) is 48.9 Å².